The standard InChI is InChI=1S/C17H25N5O3S2/c1-4-6-11-21(3)27(24,25)15-9-7-14(8-10-15)19-16(23)12-26-17-20-18-13-22(17)5-2/h7-10,13H,4-6,11-12H2,1-3H3,(H,19,23). The third-order valence-electron chi connectivity index (χ3n) is 3.93. The van der Waals surface area contributed by atoms with Crippen molar-refractivity contribution in [3.05, 3.63) is 30.6 Å². The van der Waals surface area contributed by atoms with E-state index in [1.54, 1.807) is 25.5 Å². The van der Waals surface area contributed by atoms with Crippen molar-refractivity contribution < 1.29 is 13.2 Å². The van der Waals surface area contributed by atoms with Crippen molar-refractivity contribution in [2.45, 2.75) is 43.3 Å². The highest BCUT2D eigenvalue weighted by atomic mass is 32.2. The van der Waals surface area contributed by atoms with Gasteiger partial charge in [-0.25, -0.2) is 12.7 Å². The number of aromatic nitrogens is 3. The Balaban J connectivity index is 1.94. The van der Waals surface area contributed by atoms with Crippen LogP contribution in [0.1, 0.15) is 26.7 Å². The minimum absolute atomic E-state index is 0.193. The van der Waals surface area contributed by atoms with Crippen molar-refractivity contribution in [1.82, 2.24) is 19.1 Å². The minimum Gasteiger partial charge on any atom is -0.325 e. The summed E-state index contributed by atoms with van der Waals surface area (Å²) < 4.78 is 28.2. The van der Waals surface area contributed by atoms with E-state index in [1.165, 1.54) is 28.2 Å². The Bertz CT molecular complexity index is 850. The number of unbranched alkanes of at least 4 members (excludes halogenated alkanes) is 1. The van der Waals surface area contributed by atoms with Gasteiger partial charge < -0.3 is 9.88 Å². The molecule has 0 bridgehead atoms. The van der Waals surface area contributed by atoms with Crippen LogP contribution < -0.4 is 5.32 Å². The molecule has 8 nitrogen and oxygen atoms in total. The molecule has 10 heteroatoms. The van der Waals surface area contributed by atoms with Crippen LogP contribution in [0.3, 0.4) is 0 Å². The molecule has 0 radical (unpaired) electrons. The number of hydrogen-bond acceptors (Lipinski definition) is 6. The molecule has 0 aliphatic carbocycles. The summed E-state index contributed by atoms with van der Waals surface area (Å²) in [7, 11) is -1.93. The van der Waals surface area contributed by atoms with E-state index in [-0.39, 0.29) is 16.6 Å². The van der Waals surface area contributed by atoms with Gasteiger partial charge >= 0.3 is 0 Å². The zero-order valence-electron chi connectivity index (χ0n) is 15.8. The van der Waals surface area contributed by atoms with Crippen LogP contribution in [0.2, 0.25) is 0 Å². The summed E-state index contributed by atoms with van der Waals surface area (Å²) in [6.45, 7) is 5.21. The Morgan fingerprint density at radius 2 is 1.96 bits per heavy atom. The number of thioether (sulfide) groups is 1. The predicted octanol–water partition coefficient (Wildman–Crippen LogP) is 2.45. The second kappa shape index (κ2) is 9.86. The highest BCUT2D eigenvalue weighted by Crippen LogP contribution is 2.19. The zero-order chi connectivity index (χ0) is 19.9. The van der Waals surface area contributed by atoms with E-state index >= 15 is 0 Å². The van der Waals surface area contributed by atoms with Crippen molar-refractivity contribution in [1.29, 1.82) is 0 Å². The van der Waals surface area contributed by atoms with E-state index in [2.05, 4.69) is 15.5 Å². The van der Waals surface area contributed by atoms with Crippen LogP contribution in [0.25, 0.3) is 0 Å². The molecule has 27 heavy (non-hydrogen) atoms. The molecule has 0 atom stereocenters. The maximum atomic E-state index is 12.5. The lowest BCUT2D eigenvalue weighted by Crippen LogP contribution is -2.27. The number of benzene rings is 1. The summed E-state index contributed by atoms with van der Waals surface area (Å²) in [6.07, 6.45) is 3.36. The SMILES string of the molecule is CCCCN(C)S(=O)(=O)c1ccc(NC(=O)CSc2nncn2CC)cc1. The van der Waals surface area contributed by atoms with Crippen molar-refractivity contribution in [2.75, 3.05) is 24.7 Å². The monoisotopic (exact) mass is 411 g/mol. The molecule has 0 spiro atoms. The smallest absolute Gasteiger partial charge is 0.242 e. The number of amides is 1. The third-order valence-corrected chi connectivity index (χ3v) is 6.78. The molecule has 0 aliphatic heterocycles. The number of rotatable bonds is 10. The summed E-state index contributed by atoms with van der Waals surface area (Å²) in [4.78, 5) is 12.3. The Morgan fingerprint density at radius 1 is 1.26 bits per heavy atom. The highest BCUT2D eigenvalue weighted by molar-refractivity contribution is 7.99. The number of carbonyl (C=O) groups excluding carboxylic acids is 1. The van der Waals surface area contributed by atoms with Gasteiger partial charge in [0.1, 0.15) is 6.33 Å². The van der Waals surface area contributed by atoms with E-state index in [4.69, 9.17) is 0 Å². The predicted molar refractivity (Wildman–Crippen MR) is 106 cm³/mol. The molecule has 2 aromatic rings. The maximum Gasteiger partial charge on any atom is 0.242 e. The van der Waals surface area contributed by atoms with Gasteiger partial charge in [-0.1, -0.05) is 25.1 Å². The molecule has 0 saturated heterocycles. The molecule has 2 rings (SSSR count). The average molecular weight is 412 g/mol. The summed E-state index contributed by atoms with van der Waals surface area (Å²) in [5, 5.41) is 11.2. The maximum absolute atomic E-state index is 12.5. The Labute approximate surface area is 164 Å². The van der Waals surface area contributed by atoms with Gasteiger partial charge in [0.2, 0.25) is 15.9 Å². The second-order valence-electron chi connectivity index (χ2n) is 5.94. The number of nitrogens with zero attached hydrogens (tertiary/aromatic N) is 4. The van der Waals surface area contributed by atoms with Crippen LogP contribution in [0.5, 0.6) is 0 Å². The number of anilines is 1. The van der Waals surface area contributed by atoms with Crippen LogP contribution in [-0.2, 0) is 21.4 Å². The summed E-state index contributed by atoms with van der Waals surface area (Å²) in [5.74, 6) is -0.000263. The zero-order valence-corrected chi connectivity index (χ0v) is 17.4. The van der Waals surface area contributed by atoms with Gasteiger partial charge in [0.25, 0.3) is 0 Å². The van der Waals surface area contributed by atoms with Crippen LogP contribution in [-0.4, -0.2) is 52.7 Å². The van der Waals surface area contributed by atoms with Crippen LogP contribution in [0.15, 0.2) is 40.6 Å². The van der Waals surface area contributed by atoms with Gasteiger partial charge in [0, 0.05) is 25.8 Å². The van der Waals surface area contributed by atoms with Gasteiger partial charge in [-0.05, 0) is 37.6 Å². The lowest BCUT2D eigenvalue weighted by Gasteiger charge is -2.17. The van der Waals surface area contributed by atoms with Gasteiger partial charge in [0.05, 0.1) is 10.6 Å². The fourth-order valence-corrected chi connectivity index (χ4v) is 4.28. The third kappa shape index (κ3) is 5.78. The molecular weight excluding hydrogens is 386 g/mol. The normalized spacial score (nSPS) is 11.7. The molecule has 148 valence electrons. The van der Waals surface area contributed by atoms with Gasteiger partial charge in [-0.15, -0.1) is 10.2 Å². The highest BCUT2D eigenvalue weighted by Gasteiger charge is 2.20. The summed E-state index contributed by atoms with van der Waals surface area (Å²) in [6, 6.07) is 6.21. The number of sulfonamides is 1. The van der Waals surface area contributed by atoms with Crippen molar-refractivity contribution in [2.24, 2.45) is 0 Å². The van der Waals surface area contributed by atoms with Gasteiger partial charge in [-0.3, -0.25) is 4.79 Å². The van der Waals surface area contributed by atoms with Gasteiger partial charge in [-0.2, -0.15) is 0 Å². The van der Waals surface area contributed by atoms with E-state index in [1.807, 2.05) is 18.4 Å². The lowest BCUT2D eigenvalue weighted by atomic mass is 10.3. The van der Waals surface area contributed by atoms with E-state index < -0.39 is 10.0 Å². The van der Waals surface area contributed by atoms with Gasteiger partial charge in [0.15, 0.2) is 5.16 Å². The topological polar surface area (TPSA) is 97.2 Å². The second-order valence-corrected chi connectivity index (χ2v) is 8.93. The summed E-state index contributed by atoms with van der Waals surface area (Å²) >= 11 is 1.30. The Morgan fingerprint density at radius 3 is 2.59 bits per heavy atom. The fraction of sp³-hybridized carbons (Fsp3) is 0.471. The molecule has 1 amide bonds. The van der Waals surface area contributed by atoms with Crippen LogP contribution in [0, 0.1) is 0 Å². The first-order valence-corrected chi connectivity index (χ1v) is 11.2. The average Bonchev–Trinajstić information content (AvgIpc) is 3.12. The molecule has 1 aromatic heterocycles. The first-order chi connectivity index (χ1) is 12.9. The molecule has 0 unspecified atom stereocenters. The molecule has 0 saturated carbocycles. The summed E-state index contributed by atoms with van der Waals surface area (Å²) in [5.41, 5.74) is 0.549. The lowest BCUT2D eigenvalue weighted by molar-refractivity contribution is -0.113. The molecule has 0 aliphatic rings. The molecule has 1 aromatic carbocycles. The van der Waals surface area contributed by atoms with Crippen molar-refractivity contribution >= 4 is 33.4 Å². The van der Waals surface area contributed by atoms with Crippen LogP contribution in [0.4, 0.5) is 5.69 Å². The van der Waals surface area contributed by atoms with E-state index in [0.29, 0.717) is 17.4 Å². The Kier molecular flexibility index (Phi) is 7.81. The van der Waals surface area contributed by atoms with Crippen molar-refractivity contribution in [3.8, 4) is 0 Å². The molecular formula is C17H25N5O3S2. The minimum atomic E-state index is -3.51. The Hall–Kier alpha value is -1.91. The number of aryl methyl sites for hydroxylation is 1. The van der Waals surface area contributed by atoms with Crippen LogP contribution >= 0.6 is 11.8 Å². The van der Waals surface area contributed by atoms with E-state index in [9.17, 15) is 13.2 Å². The largest absolute Gasteiger partial charge is 0.325 e. The quantitative estimate of drug-likeness (QED) is 0.603. The van der Waals surface area contributed by atoms with E-state index in [0.717, 1.165) is 19.4 Å². The fourth-order valence-electron chi connectivity index (χ4n) is 2.29. The first-order valence-electron chi connectivity index (χ1n) is 8.75. The van der Waals surface area contributed by atoms with Crippen molar-refractivity contribution in [3.63, 3.8) is 0 Å². The molecule has 0 fully saturated rings. The number of carbonyl (C=O) groups is 1. The molecule has 1 heterocycles. The first kappa shape index (κ1) is 21.4. The number of hydrogen-bond donors (Lipinski definition) is 1. The molecule has 1 N–H and O–H groups in total. The number of nitrogens with one attached hydrogen (secondary N) is 1.